The van der Waals surface area contributed by atoms with Crippen molar-refractivity contribution in [3.63, 3.8) is 0 Å². The largest absolute Gasteiger partial charge is 0.565 e. The van der Waals surface area contributed by atoms with E-state index in [2.05, 4.69) is 5.32 Å². The molecule has 0 bridgehead atoms. The summed E-state index contributed by atoms with van der Waals surface area (Å²) in [7, 11) is 5.04. The molecule has 1 atom stereocenters. The summed E-state index contributed by atoms with van der Waals surface area (Å²) >= 11 is 0. The number of aliphatic hydroxyl groups excluding tert-OH is 1. The van der Waals surface area contributed by atoms with E-state index < -0.39 is 5.94 Å². The fourth-order valence-electron chi connectivity index (χ4n) is 0.272. The summed E-state index contributed by atoms with van der Waals surface area (Å²) in [5, 5.41) is 10.3. The topological polar surface area (TPSA) is 49.3 Å². The maximum absolute atomic E-state index is 10.1. The number of hydrogen-bond donors (Lipinski definition) is 2. The number of aliphatic hydroxyl groups is 1. The Morgan fingerprint density at radius 3 is 2.20 bits per heavy atom. The van der Waals surface area contributed by atoms with Crippen molar-refractivity contribution in [2.75, 3.05) is 0 Å². The van der Waals surface area contributed by atoms with Crippen molar-refractivity contribution in [1.29, 1.82) is 0 Å². The number of carbonyl (C=O) groups is 1. The molecule has 0 aromatic heterocycles. The van der Waals surface area contributed by atoms with Crippen LogP contribution in [0.25, 0.3) is 0 Å². The van der Waals surface area contributed by atoms with Crippen LogP contribution < -0.4 is 5.32 Å². The first-order valence-electron chi connectivity index (χ1n) is 2.17. The quantitative estimate of drug-likeness (QED) is 0.304. The molecule has 0 fully saturated rings. The van der Waals surface area contributed by atoms with E-state index in [0.29, 0.717) is 6.61 Å². The average Bonchev–Trinajstić information content (AvgIpc) is 1.65. The van der Waals surface area contributed by atoms with Crippen LogP contribution in [0.2, 0.25) is 0 Å². The molecule has 6 heteroatoms. The molecule has 0 heterocycles. The Hall–Kier alpha value is -2.51. The minimum atomic E-state index is -0.743. The van der Waals surface area contributed by atoms with Crippen LogP contribution in [0.4, 0.5) is 0 Å². The molecule has 0 spiro atoms. The van der Waals surface area contributed by atoms with Gasteiger partial charge >= 0.3 is 0 Å². The molecule has 0 aliphatic heterocycles. The minimum Gasteiger partial charge on any atom is -0.565 e. The molecular weight excluding hydrogens is 639 g/mol. The van der Waals surface area contributed by atoms with Gasteiger partial charge in [-0.1, -0.05) is 0 Å². The van der Waals surface area contributed by atoms with Gasteiger partial charge in [0, 0.05) is 6.92 Å². The number of amides is 1. The van der Waals surface area contributed by atoms with Crippen molar-refractivity contribution in [2.45, 2.75) is 12.9 Å². The molecule has 1 amide bonds. The van der Waals surface area contributed by atoms with Gasteiger partial charge in [-0.3, -0.25) is 4.79 Å². The summed E-state index contributed by atoms with van der Waals surface area (Å²) in [6.45, 7) is 2.03. The van der Waals surface area contributed by atoms with Crippen LogP contribution in [0.5, 0.6) is 0 Å². The minimum absolute atomic E-state index is 0. The standard InChI is InChI=1S/C4H7BNO2.2Rf/c1-3(8)6-4(5)2-7;;/h2,4,7H,1H3,(H,6,8);;/q-1;;/t4-;;/m1../s1. The van der Waals surface area contributed by atoms with Gasteiger partial charge in [-0.2, -0.15) is 0 Å². The first kappa shape index (κ1) is 15.6. The van der Waals surface area contributed by atoms with Gasteiger partial charge in [0.05, 0.1) is 7.85 Å². The third kappa shape index (κ3) is 9.09. The zero-order chi connectivity index (χ0) is 6.57. The smallest absolute Gasteiger partial charge is 0.214 e. The summed E-state index contributed by atoms with van der Waals surface area (Å²) in [5.74, 6) is -1.00. The number of nitrogens with one attached hydrogen (secondary N) is 1. The van der Waals surface area contributed by atoms with Crippen LogP contribution in [-0.2, 0) is 4.79 Å². The second-order valence-corrected chi connectivity index (χ2v) is 1.38. The van der Waals surface area contributed by atoms with Crippen molar-refractivity contribution in [1.82, 2.24) is 5.32 Å². The van der Waals surface area contributed by atoms with Crippen LogP contribution in [0, 0.1) is 6.61 Å². The normalized spacial score (nSPS) is 10.2. The van der Waals surface area contributed by atoms with Crippen molar-refractivity contribution in [2.24, 2.45) is 0 Å². The molecule has 3 nitrogen and oxygen atoms in total. The summed E-state index contributed by atoms with van der Waals surface area (Å²) in [5.41, 5.74) is 0. The number of rotatable bonds is 2. The van der Waals surface area contributed by atoms with Crippen LogP contribution in [0.15, 0.2) is 0 Å². The molecule has 48 valence electrons. The molecule has 0 saturated heterocycles. The third-order valence-corrected chi connectivity index (χ3v) is 0.531. The number of hydrogen-bond acceptors (Lipinski definition) is 2. The van der Waals surface area contributed by atoms with E-state index in [9.17, 15) is 4.79 Å². The average molecular weight is 646 g/mol. The Balaban J connectivity index is -0.000000245. The zero-order valence-electron chi connectivity index (χ0n) is 6.00. The molecule has 0 aromatic carbocycles. The Labute approximate surface area is 49.5 Å². The van der Waals surface area contributed by atoms with Gasteiger partial charge in [0.2, 0.25) is 5.91 Å². The van der Waals surface area contributed by atoms with Crippen molar-refractivity contribution < 1.29 is 9.90 Å². The van der Waals surface area contributed by atoms with Crippen LogP contribution in [0.1, 0.15) is 6.92 Å². The Morgan fingerprint density at radius 2 is 2.10 bits per heavy atom. The molecule has 0 unspecified atom stereocenters. The Bertz CT molecular complexity index is 93.3. The van der Waals surface area contributed by atoms with Crippen molar-refractivity contribution >= 4 is 13.8 Å². The van der Waals surface area contributed by atoms with Gasteiger partial charge in [0.1, 0.15) is 0 Å². The predicted molar refractivity (Wildman–Crippen MR) is 29.6 cm³/mol. The van der Waals surface area contributed by atoms with Crippen LogP contribution in [-0.4, -0.2) is 24.8 Å². The van der Waals surface area contributed by atoms with E-state index in [1.807, 2.05) is 0 Å². The van der Waals surface area contributed by atoms with Gasteiger partial charge in [0.25, 0.3) is 0 Å². The fraction of sp³-hybridized carbons (Fsp3) is 0.500. The second kappa shape index (κ2) is 6.49. The van der Waals surface area contributed by atoms with E-state index in [4.69, 9.17) is 13.0 Å². The summed E-state index contributed by atoms with van der Waals surface area (Å²) < 4.78 is 0. The molecule has 0 aromatic rings. The molecule has 2 N–H and O–H groups in total. The molecular formula is C4H7BNO2Rf2-. The molecule has 0 aliphatic rings. The fourth-order valence-corrected chi connectivity index (χ4v) is 0.272. The van der Waals surface area contributed by atoms with E-state index in [1.165, 1.54) is 6.92 Å². The van der Waals surface area contributed by atoms with Crippen LogP contribution >= 0.6 is 0 Å². The van der Waals surface area contributed by atoms with Crippen molar-refractivity contribution in [3.05, 3.63) is 6.61 Å². The summed E-state index contributed by atoms with van der Waals surface area (Å²) in [4.78, 5) is 10.1. The maximum Gasteiger partial charge on any atom is 0.214 e. The first-order valence-corrected chi connectivity index (χ1v) is 2.17. The Kier molecular flexibility index (Phi) is 10.2. The first-order chi connectivity index (χ1) is 3.66. The van der Waals surface area contributed by atoms with E-state index in [-0.39, 0.29) is 5.91 Å². The van der Waals surface area contributed by atoms with E-state index >= 15 is 0 Å². The molecule has 0 aliphatic carbocycles. The molecule has 10 heavy (non-hydrogen) atoms. The van der Waals surface area contributed by atoms with E-state index in [0.717, 1.165) is 0 Å². The van der Waals surface area contributed by atoms with E-state index in [1.54, 1.807) is 0 Å². The molecule has 0 saturated carbocycles. The molecule has 2 radical (unpaired) electrons. The molecule has 0 rings (SSSR count). The summed E-state index contributed by atoms with van der Waals surface area (Å²) in [6, 6.07) is 0. The third-order valence-electron chi connectivity index (χ3n) is 0.531. The van der Waals surface area contributed by atoms with Gasteiger partial charge in [0.15, 0.2) is 0 Å². The SMILES string of the molecule is [B][C@@H]([CH-]O)NC(C)=O.[Rf].[Rf]. The zero-order valence-corrected chi connectivity index (χ0v) is 18.8. The van der Waals surface area contributed by atoms with Gasteiger partial charge in [-0.15, -0.1) is 5.94 Å². The van der Waals surface area contributed by atoms with Gasteiger partial charge in [-0.25, -0.2) is 6.61 Å². The Morgan fingerprint density at radius 1 is 1.70 bits per heavy atom. The van der Waals surface area contributed by atoms with Crippen LogP contribution in [0.3, 0.4) is 0 Å². The van der Waals surface area contributed by atoms with Gasteiger partial charge in [-0.05, 0) is 0 Å². The second-order valence-electron chi connectivity index (χ2n) is 1.38. The monoisotopic (exact) mass is 646 g/mol. The maximum atomic E-state index is 10.1. The summed E-state index contributed by atoms with van der Waals surface area (Å²) in [6.07, 6.45) is 0. The van der Waals surface area contributed by atoms with Crippen molar-refractivity contribution in [3.8, 4) is 0 Å². The predicted octanol–water partition coefficient (Wildman–Crippen LogP) is -0.849. The van der Waals surface area contributed by atoms with Gasteiger partial charge < -0.3 is 10.4 Å². The number of carbonyl (C=O) groups excluding carboxylic acids is 1.